The van der Waals surface area contributed by atoms with E-state index in [0.717, 1.165) is 34.1 Å². The molecule has 0 aliphatic heterocycles. The number of nitrogens with two attached hydrogens (primary N) is 1. The van der Waals surface area contributed by atoms with Crippen LogP contribution in [0.25, 0.3) is 10.2 Å². The molecule has 0 aliphatic carbocycles. The van der Waals surface area contributed by atoms with Crippen LogP contribution in [-0.2, 0) is 21.1 Å². The molecule has 1 amide bonds. The van der Waals surface area contributed by atoms with Crippen LogP contribution in [0, 0.1) is 5.82 Å². The summed E-state index contributed by atoms with van der Waals surface area (Å²) in [6.07, 6.45) is 2.58. The molecule has 34 heavy (non-hydrogen) atoms. The van der Waals surface area contributed by atoms with Crippen LogP contribution in [0.3, 0.4) is 0 Å². The van der Waals surface area contributed by atoms with Gasteiger partial charge in [-0.25, -0.2) is 12.8 Å². The first-order valence-corrected chi connectivity index (χ1v) is 13.0. The van der Waals surface area contributed by atoms with Crippen molar-refractivity contribution >= 4 is 60.3 Å². The number of carbonyl (C=O) groups is 1. The quantitative estimate of drug-likeness (QED) is 0.379. The van der Waals surface area contributed by atoms with Gasteiger partial charge >= 0.3 is 0 Å². The Balaban J connectivity index is 1.62. The lowest BCUT2D eigenvalue weighted by atomic mass is 10.1. The number of anilines is 1. The molecule has 174 valence electrons. The normalized spacial score (nSPS) is 11.4. The molecule has 0 radical (unpaired) electrons. The zero-order chi connectivity index (χ0) is 24.5. The molecule has 0 unspecified atom stereocenters. The highest BCUT2D eigenvalue weighted by Gasteiger charge is 2.21. The number of fused-ring (bicyclic) bond motifs is 1. The van der Waals surface area contributed by atoms with E-state index in [-0.39, 0.29) is 32.9 Å². The number of hydrogen-bond donors (Lipinski definition) is 1. The summed E-state index contributed by atoms with van der Waals surface area (Å²) in [7, 11) is -3.43. The Morgan fingerprint density at radius 1 is 1.15 bits per heavy atom. The summed E-state index contributed by atoms with van der Waals surface area (Å²) in [6.45, 7) is 0. The van der Waals surface area contributed by atoms with E-state index in [0.29, 0.717) is 10.2 Å². The highest BCUT2D eigenvalue weighted by Crippen LogP contribution is 2.37. The van der Waals surface area contributed by atoms with Crippen LogP contribution in [0.1, 0.15) is 5.56 Å². The van der Waals surface area contributed by atoms with E-state index in [2.05, 4.69) is 4.98 Å². The largest absolute Gasteiger partial charge is 0.453 e. The number of carbonyl (C=O) groups excluding carboxylic acids is 1. The number of hydrogen-bond acceptors (Lipinski definition) is 7. The lowest BCUT2D eigenvalue weighted by Gasteiger charge is -2.21. The predicted octanol–water partition coefficient (Wildman–Crippen LogP) is 4.45. The number of benzene rings is 2. The van der Waals surface area contributed by atoms with Crippen molar-refractivity contribution in [1.82, 2.24) is 4.98 Å². The summed E-state index contributed by atoms with van der Waals surface area (Å²) in [6, 6.07) is 15.9. The molecule has 4 aromatic rings. The highest BCUT2D eigenvalue weighted by molar-refractivity contribution is 7.93. The van der Waals surface area contributed by atoms with Crippen LogP contribution in [0.5, 0.6) is 11.5 Å². The van der Waals surface area contributed by atoms with Crippen LogP contribution >= 0.6 is 23.6 Å². The number of thiophene rings is 1. The molecule has 0 fully saturated rings. The van der Waals surface area contributed by atoms with Crippen molar-refractivity contribution in [2.75, 3.05) is 11.2 Å². The van der Waals surface area contributed by atoms with Gasteiger partial charge < -0.3 is 10.5 Å². The van der Waals surface area contributed by atoms with E-state index < -0.39 is 21.6 Å². The van der Waals surface area contributed by atoms with Gasteiger partial charge in [0.2, 0.25) is 5.91 Å². The maximum absolute atomic E-state index is 15.0. The number of thiocarbonyl (C=S) groups is 1. The second-order valence-electron chi connectivity index (χ2n) is 7.31. The third-order valence-electron chi connectivity index (χ3n) is 4.78. The van der Waals surface area contributed by atoms with Crippen LogP contribution in [0.2, 0.25) is 0 Å². The molecule has 2 heterocycles. The molecule has 0 atom stereocenters. The minimum atomic E-state index is -3.43. The summed E-state index contributed by atoms with van der Waals surface area (Å²) in [5, 5.41) is -0.211. The lowest BCUT2D eigenvalue weighted by molar-refractivity contribution is -0.117. The molecule has 2 aromatic heterocycles. The first-order valence-electron chi connectivity index (χ1n) is 9.86. The van der Waals surface area contributed by atoms with Gasteiger partial charge in [-0.1, -0.05) is 30.3 Å². The van der Waals surface area contributed by atoms with Crippen molar-refractivity contribution in [3.63, 3.8) is 0 Å². The second kappa shape index (κ2) is 9.45. The Kier molecular flexibility index (Phi) is 6.60. The molecule has 0 spiro atoms. The van der Waals surface area contributed by atoms with Crippen molar-refractivity contribution in [2.45, 2.75) is 10.6 Å². The van der Waals surface area contributed by atoms with E-state index in [9.17, 15) is 17.6 Å². The first-order chi connectivity index (χ1) is 16.1. The van der Waals surface area contributed by atoms with Gasteiger partial charge in [-0.3, -0.25) is 14.7 Å². The highest BCUT2D eigenvalue weighted by atomic mass is 32.2. The number of ether oxygens (including phenoxy) is 1. The minimum Gasteiger partial charge on any atom is -0.453 e. The molecule has 2 aromatic carbocycles. The predicted molar refractivity (Wildman–Crippen MR) is 134 cm³/mol. The van der Waals surface area contributed by atoms with Crippen LogP contribution in [0.4, 0.5) is 10.1 Å². The van der Waals surface area contributed by atoms with E-state index >= 15 is 0 Å². The van der Waals surface area contributed by atoms with Gasteiger partial charge in [0.15, 0.2) is 26.5 Å². The molecular weight excluding hydrogens is 497 g/mol. The van der Waals surface area contributed by atoms with Gasteiger partial charge in [0.1, 0.15) is 9.96 Å². The van der Waals surface area contributed by atoms with Crippen LogP contribution in [0.15, 0.2) is 71.1 Å². The van der Waals surface area contributed by atoms with Gasteiger partial charge in [-0.05, 0) is 36.0 Å². The number of nitrogens with zero attached hydrogens (tertiary/aromatic N) is 2. The zero-order valence-corrected chi connectivity index (χ0v) is 20.2. The van der Waals surface area contributed by atoms with Crippen molar-refractivity contribution in [3.8, 4) is 11.5 Å². The van der Waals surface area contributed by atoms with Crippen LogP contribution in [-0.4, -0.2) is 30.7 Å². The molecular formula is C23H18FN3O4S3. The SMILES string of the molecule is CS(=O)(=O)c1cc2nccc(Oc3ccc(N(C(=O)Cc4ccccc4)C(N)=S)cc3F)c2s1. The van der Waals surface area contributed by atoms with E-state index in [1.165, 1.54) is 30.5 Å². The fraction of sp³-hybridized carbons (Fsp3) is 0.0870. The van der Waals surface area contributed by atoms with E-state index in [4.69, 9.17) is 22.7 Å². The number of rotatable bonds is 6. The Morgan fingerprint density at radius 3 is 2.53 bits per heavy atom. The minimum absolute atomic E-state index is 0.0358. The Hall–Kier alpha value is -3.41. The maximum Gasteiger partial charge on any atom is 0.237 e. The summed E-state index contributed by atoms with van der Waals surface area (Å²) in [4.78, 5) is 18.0. The van der Waals surface area contributed by atoms with Gasteiger partial charge in [0.25, 0.3) is 0 Å². The van der Waals surface area contributed by atoms with Gasteiger partial charge in [0, 0.05) is 24.6 Å². The van der Waals surface area contributed by atoms with E-state index in [1.807, 2.05) is 18.2 Å². The monoisotopic (exact) mass is 515 g/mol. The number of halogens is 1. The number of amides is 1. The Labute approximate surface area is 204 Å². The third kappa shape index (κ3) is 5.06. The van der Waals surface area contributed by atoms with Crippen molar-refractivity contribution in [2.24, 2.45) is 5.73 Å². The molecule has 0 bridgehead atoms. The average molecular weight is 516 g/mol. The van der Waals surface area contributed by atoms with Crippen molar-refractivity contribution in [3.05, 3.63) is 78.2 Å². The second-order valence-corrected chi connectivity index (χ2v) is 11.0. The van der Waals surface area contributed by atoms with Gasteiger partial charge in [0.05, 0.1) is 22.3 Å². The molecule has 0 aliphatic rings. The Bertz CT molecular complexity index is 1500. The summed E-state index contributed by atoms with van der Waals surface area (Å²) < 4.78 is 45.1. The topological polar surface area (TPSA) is 103 Å². The summed E-state index contributed by atoms with van der Waals surface area (Å²) >= 11 is 6.02. The molecule has 7 nitrogen and oxygen atoms in total. The standard InChI is InChI=1S/C23H18FN3O4S3/c1-34(29,30)21-13-17-22(33-21)19(9-10-26-17)31-18-8-7-15(12-16(18)24)27(23(25)32)20(28)11-14-5-3-2-4-6-14/h2-10,12-13H,11H2,1H3,(H2,25,32). The molecule has 0 saturated carbocycles. The zero-order valence-electron chi connectivity index (χ0n) is 17.8. The smallest absolute Gasteiger partial charge is 0.237 e. The van der Waals surface area contributed by atoms with Crippen LogP contribution < -0.4 is 15.4 Å². The molecule has 0 saturated heterocycles. The Morgan fingerprint density at radius 2 is 1.88 bits per heavy atom. The summed E-state index contributed by atoms with van der Waals surface area (Å²) in [5.41, 5.74) is 7.11. The van der Waals surface area contributed by atoms with Crippen molar-refractivity contribution < 1.29 is 22.3 Å². The average Bonchev–Trinajstić information content (AvgIpc) is 3.22. The van der Waals surface area contributed by atoms with Gasteiger partial charge in [-0.15, -0.1) is 11.3 Å². The first kappa shape index (κ1) is 23.7. The molecule has 11 heteroatoms. The van der Waals surface area contributed by atoms with Gasteiger partial charge in [-0.2, -0.15) is 0 Å². The lowest BCUT2D eigenvalue weighted by Crippen LogP contribution is -2.41. The van der Waals surface area contributed by atoms with Crippen molar-refractivity contribution in [1.29, 1.82) is 0 Å². The fourth-order valence-electron chi connectivity index (χ4n) is 3.23. The number of sulfone groups is 1. The number of aromatic nitrogens is 1. The fourth-order valence-corrected chi connectivity index (χ4v) is 5.42. The summed E-state index contributed by atoms with van der Waals surface area (Å²) in [5.74, 6) is -1.03. The molecule has 4 rings (SSSR count). The number of pyridine rings is 1. The maximum atomic E-state index is 15.0. The molecule has 2 N–H and O–H groups in total. The van der Waals surface area contributed by atoms with E-state index in [1.54, 1.807) is 12.1 Å². The third-order valence-corrected chi connectivity index (χ3v) is 7.90.